The minimum Gasteiger partial charge on any atom is -0.455 e. The molecule has 6 nitrogen and oxygen atoms in total. The van der Waals surface area contributed by atoms with Crippen molar-refractivity contribution in [2.24, 2.45) is 0 Å². The molecule has 0 N–H and O–H groups in total. The van der Waals surface area contributed by atoms with E-state index in [1.807, 2.05) is 36.4 Å². The van der Waals surface area contributed by atoms with Crippen LogP contribution in [0.3, 0.4) is 0 Å². The molecule has 0 unspecified atom stereocenters. The van der Waals surface area contributed by atoms with Crippen LogP contribution < -0.4 is 4.90 Å². The Kier molecular flexibility index (Phi) is 8.28. The van der Waals surface area contributed by atoms with Gasteiger partial charge in [0.1, 0.15) is 11.2 Å². The van der Waals surface area contributed by atoms with Gasteiger partial charge in [-0.1, -0.05) is 84.9 Å². The summed E-state index contributed by atoms with van der Waals surface area (Å²) < 4.78 is 14.5. The van der Waals surface area contributed by atoms with E-state index in [1.54, 1.807) is 12.4 Å². The van der Waals surface area contributed by atoms with E-state index in [0.717, 1.165) is 89.1 Å². The zero-order chi connectivity index (χ0) is 38.2. The third kappa shape index (κ3) is 5.75. The topological polar surface area (TPSA) is 60.2 Å². The van der Waals surface area contributed by atoms with Crippen molar-refractivity contribution in [3.63, 3.8) is 0 Å². The predicted octanol–water partition coefficient (Wildman–Crippen LogP) is 13.8. The van der Waals surface area contributed by atoms with Gasteiger partial charge < -0.3 is 28.3 Å². The van der Waals surface area contributed by atoms with E-state index in [4.69, 9.17) is 18.8 Å². The smallest absolute Gasteiger partial charge is 0.455 e. The van der Waals surface area contributed by atoms with Crippen LogP contribution in [0, 0.1) is 12.1 Å². The molecule has 0 aliphatic carbocycles. The van der Waals surface area contributed by atoms with Gasteiger partial charge in [0.25, 0.3) is 0 Å². The molecule has 0 saturated heterocycles. The maximum atomic E-state index is 6.10. The van der Waals surface area contributed by atoms with Gasteiger partial charge in [-0.2, -0.15) is 0 Å². The summed E-state index contributed by atoms with van der Waals surface area (Å²) in [6.45, 7) is 0. The number of nitrogens with zero attached hydrogens (tertiary/aromatic N) is 4. The Morgan fingerprint density at radius 2 is 0.881 bits per heavy atom. The zero-order valence-electron chi connectivity index (χ0n) is 31.2. The van der Waals surface area contributed by atoms with Crippen LogP contribution in [0.15, 0.2) is 191 Å². The van der Waals surface area contributed by atoms with Gasteiger partial charge in [-0.15, -0.1) is 59.7 Å². The number of rotatable bonds is 6. The SMILES string of the molecule is [Pt+2].[c-]1c(-c2cc3c(cn2)oc2ccccc23)cccc1N(c1[c-]c(-c2cc3c(cn2)oc2ccccc23)ccc1)c1ccc(-n2c3ccccc3c3ccccc32)cc1. The third-order valence-corrected chi connectivity index (χ3v) is 11.1. The van der Waals surface area contributed by atoms with Crippen molar-refractivity contribution in [2.75, 3.05) is 4.90 Å². The van der Waals surface area contributed by atoms with Crippen LogP contribution in [0.25, 0.3) is 93.9 Å². The van der Waals surface area contributed by atoms with Crippen LogP contribution in [0.1, 0.15) is 0 Å². The average molecular weight is 938 g/mol. The standard InChI is InChI=1S/C52H30N4O2.Pt/c1-5-19-47-39(15-1)40-16-2-6-20-48(40)56(47)36-25-23-35(24-26-36)55(37-13-9-11-33(27-37)45-29-43-41-17-3-7-21-49(41)57-51(43)31-53-45)38-14-10-12-34(28-38)46-30-44-42-18-4-8-22-50(42)58-52(44)32-54-46;/h1-26,29-32H;/q-2;+2. The molecule has 5 heterocycles. The van der Waals surface area contributed by atoms with Gasteiger partial charge in [0.05, 0.1) is 23.4 Å². The van der Waals surface area contributed by atoms with E-state index in [0.29, 0.717) is 0 Å². The summed E-state index contributed by atoms with van der Waals surface area (Å²) in [6, 6.07) is 66.1. The second-order valence-corrected chi connectivity index (χ2v) is 14.4. The van der Waals surface area contributed by atoms with Crippen molar-refractivity contribution in [2.45, 2.75) is 0 Å². The van der Waals surface area contributed by atoms with E-state index >= 15 is 0 Å². The molecule has 59 heavy (non-hydrogen) atoms. The van der Waals surface area contributed by atoms with Crippen LogP contribution in [0.4, 0.5) is 17.1 Å². The first-order valence-corrected chi connectivity index (χ1v) is 19.2. The molecule has 0 spiro atoms. The quantitative estimate of drug-likeness (QED) is 0.155. The summed E-state index contributed by atoms with van der Waals surface area (Å²) in [5.74, 6) is 0. The minimum absolute atomic E-state index is 0. The molecule has 0 saturated carbocycles. The number of anilines is 3. The number of hydrogen-bond donors (Lipinski definition) is 0. The maximum Gasteiger partial charge on any atom is 2.00 e. The Morgan fingerprint density at radius 1 is 0.424 bits per heavy atom. The summed E-state index contributed by atoms with van der Waals surface area (Å²) >= 11 is 0. The second-order valence-electron chi connectivity index (χ2n) is 14.4. The molecule has 0 aliphatic heterocycles. The molecule has 280 valence electrons. The molecule has 7 aromatic carbocycles. The van der Waals surface area contributed by atoms with Crippen molar-refractivity contribution >= 4 is 82.7 Å². The number of aromatic nitrogens is 3. The molecule has 0 aliphatic rings. The van der Waals surface area contributed by atoms with Gasteiger partial charge in [0, 0.05) is 43.7 Å². The van der Waals surface area contributed by atoms with Crippen molar-refractivity contribution in [1.29, 1.82) is 0 Å². The van der Waals surface area contributed by atoms with Gasteiger partial charge in [0.2, 0.25) is 0 Å². The number of benzene rings is 7. The summed E-state index contributed by atoms with van der Waals surface area (Å²) in [5.41, 5.74) is 12.6. The Morgan fingerprint density at radius 3 is 1.39 bits per heavy atom. The molecule has 12 rings (SSSR count). The van der Waals surface area contributed by atoms with Crippen LogP contribution in [-0.4, -0.2) is 14.5 Å². The van der Waals surface area contributed by atoms with Crippen molar-refractivity contribution in [3.8, 4) is 28.2 Å². The van der Waals surface area contributed by atoms with Crippen LogP contribution in [0.5, 0.6) is 0 Å². The first-order valence-electron chi connectivity index (χ1n) is 19.2. The normalized spacial score (nSPS) is 11.6. The Labute approximate surface area is 352 Å². The molecule has 5 aromatic heterocycles. The van der Waals surface area contributed by atoms with Crippen LogP contribution in [-0.2, 0) is 21.1 Å². The predicted molar refractivity (Wildman–Crippen MR) is 234 cm³/mol. The van der Waals surface area contributed by atoms with Gasteiger partial charge in [0.15, 0.2) is 11.2 Å². The average Bonchev–Trinajstić information content (AvgIpc) is 3.96. The van der Waals surface area contributed by atoms with Crippen LogP contribution in [0.2, 0.25) is 0 Å². The number of pyridine rings is 2. The van der Waals surface area contributed by atoms with E-state index in [9.17, 15) is 0 Å². The fraction of sp³-hybridized carbons (Fsp3) is 0. The molecule has 0 bridgehead atoms. The van der Waals surface area contributed by atoms with E-state index in [2.05, 4.69) is 155 Å². The number of furan rings is 2. The molecule has 0 radical (unpaired) electrons. The summed E-state index contributed by atoms with van der Waals surface area (Å²) in [6.07, 6.45) is 3.61. The van der Waals surface area contributed by atoms with Crippen molar-refractivity contribution in [1.82, 2.24) is 14.5 Å². The molecule has 0 atom stereocenters. The molecule has 0 fully saturated rings. The number of fused-ring (bicyclic) bond motifs is 9. The summed E-state index contributed by atoms with van der Waals surface area (Å²) in [4.78, 5) is 11.9. The van der Waals surface area contributed by atoms with Gasteiger partial charge in [-0.05, 0) is 71.3 Å². The first-order chi connectivity index (χ1) is 28.7. The van der Waals surface area contributed by atoms with Gasteiger partial charge in [-0.3, -0.25) is 0 Å². The largest absolute Gasteiger partial charge is 2.00 e. The fourth-order valence-corrected chi connectivity index (χ4v) is 8.39. The summed E-state index contributed by atoms with van der Waals surface area (Å²) in [7, 11) is 0. The Hall–Kier alpha value is -7.27. The van der Waals surface area contributed by atoms with E-state index in [-0.39, 0.29) is 21.1 Å². The zero-order valence-corrected chi connectivity index (χ0v) is 33.5. The molecule has 12 aromatic rings. The van der Waals surface area contributed by atoms with E-state index < -0.39 is 0 Å². The second kappa shape index (κ2) is 14.0. The van der Waals surface area contributed by atoms with Crippen LogP contribution >= 0.6 is 0 Å². The summed E-state index contributed by atoms with van der Waals surface area (Å²) in [5, 5.41) is 6.62. The molecular weight excluding hydrogens is 908 g/mol. The van der Waals surface area contributed by atoms with Gasteiger partial charge in [-0.25, -0.2) is 0 Å². The molecule has 7 heteroatoms. The Bertz CT molecular complexity index is 3340. The number of hydrogen-bond acceptors (Lipinski definition) is 5. The van der Waals surface area contributed by atoms with Crippen molar-refractivity contribution in [3.05, 3.63) is 194 Å². The first kappa shape index (κ1) is 34.9. The van der Waals surface area contributed by atoms with E-state index in [1.165, 1.54) is 21.8 Å². The fourth-order valence-electron chi connectivity index (χ4n) is 8.39. The minimum atomic E-state index is 0. The molecular formula is C52H30N4O2Pt. The molecule has 0 amide bonds. The third-order valence-electron chi connectivity index (χ3n) is 11.1. The van der Waals surface area contributed by atoms with Crippen molar-refractivity contribution < 1.29 is 29.9 Å². The van der Waals surface area contributed by atoms with Gasteiger partial charge >= 0.3 is 21.1 Å². The number of para-hydroxylation sites is 4. The Balaban J connectivity index is 0.00000397. The maximum absolute atomic E-state index is 6.10. The monoisotopic (exact) mass is 937 g/mol.